The second kappa shape index (κ2) is 6.60. The summed E-state index contributed by atoms with van der Waals surface area (Å²) in [5, 5.41) is 3.26. The van der Waals surface area contributed by atoms with Gasteiger partial charge in [0.15, 0.2) is 0 Å². The van der Waals surface area contributed by atoms with Crippen LogP contribution >= 0.6 is 0 Å². The highest BCUT2D eigenvalue weighted by atomic mass is 19.1. The van der Waals surface area contributed by atoms with Gasteiger partial charge in [0, 0.05) is 17.5 Å². The molecule has 17 heavy (non-hydrogen) atoms. The first kappa shape index (κ1) is 14.0. The van der Waals surface area contributed by atoms with Gasteiger partial charge in [0.1, 0.15) is 11.6 Å². The lowest BCUT2D eigenvalue weighted by Crippen LogP contribution is -2.31. The smallest absolute Gasteiger partial charge is 0.130 e. The van der Waals surface area contributed by atoms with Gasteiger partial charge in [-0.1, -0.05) is 26.3 Å². The minimum atomic E-state index is -0.187. The third-order valence-corrected chi connectivity index (χ3v) is 3.26. The largest absolute Gasteiger partial charge is 0.496 e. The fourth-order valence-corrected chi connectivity index (χ4v) is 2.29. The second-order valence-electron chi connectivity index (χ2n) is 4.33. The molecular weight excluding hydrogens is 217 g/mol. The van der Waals surface area contributed by atoms with Crippen molar-refractivity contribution in [3.8, 4) is 5.75 Å². The number of hydrogen-bond acceptors (Lipinski definition) is 2. The van der Waals surface area contributed by atoms with E-state index in [1.807, 2.05) is 20.0 Å². The molecule has 0 saturated carbocycles. The summed E-state index contributed by atoms with van der Waals surface area (Å²) in [4.78, 5) is 0. The lowest BCUT2D eigenvalue weighted by atomic mass is 9.89. The van der Waals surface area contributed by atoms with Gasteiger partial charge in [-0.05, 0) is 25.6 Å². The van der Waals surface area contributed by atoms with Crippen molar-refractivity contribution < 1.29 is 9.13 Å². The summed E-state index contributed by atoms with van der Waals surface area (Å²) in [6.07, 6.45) is 2.10. The molecule has 0 aliphatic heterocycles. The highest BCUT2D eigenvalue weighted by Gasteiger charge is 2.22. The summed E-state index contributed by atoms with van der Waals surface area (Å²) >= 11 is 0. The molecule has 1 N–H and O–H groups in total. The van der Waals surface area contributed by atoms with Crippen LogP contribution in [0.15, 0.2) is 18.2 Å². The number of halogens is 1. The molecule has 2 unspecified atom stereocenters. The molecule has 1 aromatic rings. The molecule has 2 atom stereocenters. The molecule has 3 heteroatoms. The highest BCUT2D eigenvalue weighted by Crippen LogP contribution is 2.32. The Hall–Kier alpha value is -1.09. The number of rotatable bonds is 6. The Kier molecular flexibility index (Phi) is 5.42. The lowest BCUT2D eigenvalue weighted by Gasteiger charge is -2.25. The van der Waals surface area contributed by atoms with Gasteiger partial charge in [0.25, 0.3) is 0 Å². The van der Waals surface area contributed by atoms with E-state index in [4.69, 9.17) is 4.74 Å². The Balaban J connectivity index is 3.04. The third kappa shape index (κ3) is 3.19. The van der Waals surface area contributed by atoms with Crippen molar-refractivity contribution in [3.05, 3.63) is 29.6 Å². The molecule has 0 spiro atoms. The molecule has 1 rings (SSSR count). The van der Waals surface area contributed by atoms with Crippen LogP contribution in [0.5, 0.6) is 5.75 Å². The molecule has 0 aliphatic rings. The van der Waals surface area contributed by atoms with Gasteiger partial charge in [-0.25, -0.2) is 4.39 Å². The van der Waals surface area contributed by atoms with E-state index in [-0.39, 0.29) is 17.8 Å². The monoisotopic (exact) mass is 239 g/mol. The standard InChI is InChI=1S/C14H22FNO/c1-5-7-12(16-3)10(2)14-11(15)8-6-9-13(14)17-4/h6,8-10,12,16H,5,7H2,1-4H3. The fraction of sp³-hybridized carbons (Fsp3) is 0.571. The predicted molar refractivity (Wildman–Crippen MR) is 69.1 cm³/mol. The fourth-order valence-electron chi connectivity index (χ4n) is 2.29. The van der Waals surface area contributed by atoms with E-state index >= 15 is 0 Å². The van der Waals surface area contributed by atoms with Crippen LogP contribution in [0.3, 0.4) is 0 Å². The van der Waals surface area contributed by atoms with E-state index in [0.717, 1.165) is 12.8 Å². The molecule has 96 valence electrons. The van der Waals surface area contributed by atoms with Crippen molar-refractivity contribution in [3.63, 3.8) is 0 Å². The maximum atomic E-state index is 13.9. The quantitative estimate of drug-likeness (QED) is 0.822. The molecule has 1 aromatic carbocycles. The first-order chi connectivity index (χ1) is 8.15. The summed E-state index contributed by atoms with van der Waals surface area (Å²) < 4.78 is 19.2. The zero-order valence-corrected chi connectivity index (χ0v) is 11.1. The molecule has 0 amide bonds. The Labute approximate surface area is 103 Å². The maximum absolute atomic E-state index is 13.9. The van der Waals surface area contributed by atoms with Crippen LogP contribution in [0, 0.1) is 5.82 Å². The highest BCUT2D eigenvalue weighted by molar-refractivity contribution is 5.38. The molecule has 0 fully saturated rings. The van der Waals surface area contributed by atoms with Gasteiger partial charge in [-0.15, -0.1) is 0 Å². The average molecular weight is 239 g/mol. The molecule has 2 nitrogen and oxygen atoms in total. The molecular formula is C14H22FNO. The van der Waals surface area contributed by atoms with Gasteiger partial charge >= 0.3 is 0 Å². The first-order valence-electron chi connectivity index (χ1n) is 6.15. The number of likely N-dealkylation sites (N-methyl/N-ethyl adjacent to an activating group) is 1. The molecule has 0 radical (unpaired) electrons. The van der Waals surface area contributed by atoms with Crippen LogP contribution in [0.25, 0.3) is 0 Å². The second-order valence-corrected chi connectivity index (χ2v) is 4.33. The Morgan fingerprint density at radius 3 is 2.65 bits per heavy atom. The minimum absolute atomic E-state index is 0.0936. The number of ether oxygens (including phenoxy) is 1. The van der Waals surface area contributed by atoms with Crippen molar-refractivity contribution >= 4 is 0 Å². The SMILES string of the molecule is CCCC(NC)C(C)c1c(F)cccc1OC. The van der Waals surface area contributed by atoms with Gasteiger partial charge in [0.2, 0.25) is 0 Å². The summed E-state index contributed by atoms with van der Waals surface area (Å²) in [7, 11) is 3.50. The molecule has 0 heterocycles. The van der Waals surface area contributed by atoms with E-state index in [9.17, 15) is 4.39 Å². The zero-order valence-electron chi connectivity index (χ0n) is 11.1. The van der Waals surface area contributed by atoms with Crippen LogP contribution in [-0.4, -0.2) is 20.2 Å². The summed E-state index contributed by atoms with van der Waals surface area (Å²) in [6.45, 7) is 4.17. The molecule has 0 bridgehead atoms. The Morgan fingerprint density at radius 1 is 1.41 bits per heavy atom. The van der Waals surface area contributed by atoms with Gasteiger partial charge in [-0.2, -0.15) is 0 Å². The van der Waals surface area contributed by atoms with Crippen LogP contribution in [-0.2, 0) is 0 Å². The predicted octanol–water partition coefficient (Wildman–Crippen LogP) is 3.33. The normalized spacial score (nSPS) is 14.4. The summed E-state index contributed by atoms with van der Waals surface area (Å²) in [5.41, 5.74) is 0.669. The molecule has 0 aliphatic carbocycles. The third-order valence-electron chi connectivity index (χ3n) is 3.26. The van der Waals surface area contributed by atoms with Crippen molar-refractivity contribution in [2.24, 2.45) is 0 Å². The zero-order chi connectivity index (χ0) is 12.8. The summed E-state index contributed by atoms with van der Waals surface area (Å²) in [5.74, 6) is 0.540. The van der Waals surface area contributed by atoms with E-state index in [0.29, 0.717) is 11.3 Å². The van der Waals surface area contributed by atoms with Crippen LogP contribution in [0.4, 0.5) is 4.39 Å². The number of hydrogen-bond donors (Lipinski definition) is 1. The topological polar surface area (TPSA) is 21.3 Å². The van der Waals surface area contributed by atoms with E-state index in [1.54, 1.807) is 13.2 Å². The van der Waals surface area contributed by atoms with E-state index in [1.165, 1.54) is 6.07 Å². The van der Waals surface area contributed by atoms with Crippen molar-refractivity contribution in [1.82, 2.24) is 5.32 Å². The summed E-state index contributed by atoms with van der Waals surface area (Å²) in [6, 6.07) is 5.25. The molecule has 0 saturated heterocycles. The lowest BCUT2D eigenvalue weighted by molar-refractivity contribution is 0.381. The average Bonchev–Trinajstić information content (AvgIpc) is 2.34. The molecule has 0 aromatic heterocycles. The number of benzene rings is 1. The van der Waals surface area contributed by atoms with Crippen LogP contribution in [0.2, 0.25) is 0 Å². The Morgan fingerprint density at radius 2 is 2.12 bits per heavy atom. The van der Waals surface area contributed by atoms with Crippen LogP contribution in [0.1, 0.15) is 38.2 Å². The Bertz CT molecular complexity index is 354. The van der Waals surface area contributed by atoms with Crippen molar-refractivity contribution in [2.45, 2.75) is 38.6 Å². The number of nitrogens with one attached hydrogen (secondary N) is 1. The number of methoxy groups -OCH3 is 1. The van der Waals surface area contributed by atoms with Gasteiger partial charge < -0.3 is 10.1 Å². The van der Waals surface area contributed by atoms with Crippen molar-refractivity contribution in [2.75, 3.05) is 14.2 Å². The van der Waals surface area contributed by atoms with E-state index < -0.39 is 0 Å². The van der Waals surface area contributed by atoms with Gasteiger partial charge in [-0.3, -0.25) is 0 Å². The minimum Gasteiger partial charge on any atom is -0.496 e. The van der Waals surface area contributed by atoms with Crippen molar-refractivity contribution in [1.29, 1.82) is 0 Å². The van der Waals surface area contributed by atoms with Gasteiger partial charge in [0.05, 0.1) is 7.11 Å². The van der Waals surface area contributed by atoms with E-state index in [2.05, 4.69) is 12.2 Å². The van der Waals surface area contributed by atoms with Crippen LogP contribution < -0.4 is 10.1 Å². The first-order valence-corrected chi connectivity index (χ1v) is 6.15. The maximum Gasteiger partial charge on any atom is 0.130 e.